The van der Waals surface area contributed by atoms with E-state index in [-0.39, 0.29) is 0 Å². The molecule has 0 aliphatic rings. The molecule has 0 unspecified atom stereocenters. The summed E-state index contributed by atoms with van der Waals surface area (Å²) in [5.74, 6) is 0. The van der Waals surface area contributed by atoms with E-state index < -0.39 is 0 Å². The Labute approximate surface area is 314 Å². The summed E-state index contributed by atoms with van der Waals surface area (Å²) >= 11 is 0. The molecule has 0 fully saturated rings. The van der Waals surface area contributed by atoms with Gasteiger partial charge in [0.1, 0.15) is 11.2 Å². The van der Waals surface area contributed by atoms with Crippen molar-refractivity contribution in [1.29, 1.82) is 0 Å². The summed E-state index contributed by atoms with van der Waals surface area (Å²) in [5, 5.41) is 4.55. The molecule has 10 rings (SSSR count). The molecule has 254 valence electrons. The fourth-order valence-electron chi connectivity index (χ4n) is 7.76. The van der Waals surface area contributed by atoms with Gasteiger partial charge in [-0.3, -0.25) is 0 Å². The lowest BCUT2D eigenvalue weighted by Gasteiger charge is -2.26. The molecule has 2 heteroatoms. The average Bonchev–Trinajstić information content (AvgIpc) is 3.64. The van der Waals surface area contributed by atoms with E-state index in [9.17, 15) is 0 Å². The highest BCUT2D eigenvalue weighted by atomic mass is 16.3. The molecule has 2 nitrogen and oxygen atoms in total. The number of benzene rings is 9. The van der Waals surface area contributed by atoms with E-state index in [4.69, 9.17) is 4.42 Å². The summed E-state index contributed by atoms with van der Waals surface area (Å²) in [4.78, 5) is 2.33. The lowest BCUT2D eigenvalue weighted by molar-refractivity contribution is 0.673. The van der Waals surface area contributed by atoms with E-state index in [1.165, 1.54) is 27.8 Å². The molecule has 0 saturated heterocycles. The molecular formula is C52H35NO. The molecule has 0 saturated carbocycles. The molecule has 0 N–H and O–H groups in total. The molecule has 1 heterocycles. The van der Waals surface area contributed by atoms with Crippen LogP contribution in [0.25, 0.3) is 77.2 Å². The normalized spacial score (nSPS) is 11.3. The Morgan fingerprint density at radius 2 is 0.759 bits per heavy atom. The molecule has 9 aromatic carbocycles. The zero-order valence-corrected chi connectivity index (χ0v) is 29.6. The monoisotopic (exact) mass is 689 g/mol. The number of hydrogen-bond acceptors (Lipinski definition) is 2. The van der Waals surface area contributed by atoms with Crippen LogP contribution in [0.2, 0.25) is 0 Å². The molecule has 0 radical (unpaired) electrons. The molecule has 0 spiro atoms. The molecular weight excluding hydrogens is 655 g/mol. The maximum atomic E-state index is 6.74. The lowest BCUT2D eigenvalue weighted by atomic mass is 9.96. The first-order valence-electron chi connectivity index (χ1n) is 18.4. The summed E-state index contributed by atoms with van der Waals surface area (Å²) in [6.07, 6.45) is 0. The van der Waals surface area contributed by atoms with Crippen molar-refractivity contribution in [3.63, 3.8) is 0 Å². The zero-order chi connectivity index (χ0) is 35.8. The highest BCUT2D eigenvalue weighted by molar-refractivity contribution is 6.19. The third-order valence-electron chi connectivity index (χ3n) is 10.5. The minimum atomic E-state index is 0.899. The van der Waals surface area contributed by atoms with Gasteiger partial charge >= 0.3 is 0 Å². The van der Waals surface area contributed by atoms with Gasteiger partial charge in [-0.1, -0.05) is 158 Å². The Morgan fingerprint density at radius 3 is 1.30 bits per heavy atom. The summed E-state index contributed by atoms with van der Waals surface area (Å²) in [6.45, 7) is 0. The molecule has 0 aliphatic carbocycles. The second-order valence-electron chi connectivity index (χ2n) is 13.7. The number of anilines is 3. The topological polar surface area (TPSA) is 16.4 Å². The van der Waals surface area contributed by atoms with Gasteiger partial charge in [0.25, 0.3) is 0 Å². The van der Waals surface area contributed by atoms with Crippen molar-refractivity contribution >= 4 is 49.8 Å². The van der Waals surface area contributed by atoms with E-state index in [2.05, 4.69) is 211 Å². The van der Waals surface area contributed by atoms with Crippen molar-refractivity contribution < 1.29 is 4.42 Å². The smallest absolute Gasteiger partial charge is 0.143 e. The molecule has 0 aliphatic heterocycles. The van der Waals surface area contributed by atoms with Gasteiger partial charge in [0.2, 0.25) is 0 Å². The SMILES string of the molecule is c1ccc(-c2ccc(N(c3ccc(-c4ccccc4)cc3)c3ccc(-c4cccc5ccc6c7ccc(-c8ccccc8)cc7oc6c45)cc3)cc2)cc1. The van der Waals surface area contributed by atoms with E-state index >= 15 is 0 Å². The van der Waals surface area contributed by atoms with Crippen molar-refractivity contribution in [3.05, 3.63) is 212 Å². The third-order valence-corrected chi connectivity index (χ3v) is 10.5. The molecule has 0 bridgehead atoms. The minimum Gasteiger partial charge on any atom is -0.455 e. The maximum absolute atomic E-state index is 6.74. The number of nitrogens with zero attached hydrogens (tertiary/aromatic N) is 1. The van der Waals surface area contributed by atoms with Crippen LogP contribution in [-0.2, 0) is 0 Å². The van der Waals surface area contributed by atoms with Crippen LogP contribution in [0.15, 0.2) is 217 Å². The first kappa shape index (κ1) is 31.6. The molecule has 0 amide bonds. The Hall–Kier alpha value is -7.16. The van der Waals surface area contributed by atoms with Crippen LogP contribution in [0.3, 0.4) is 0 Å². The van der Waals surface area contributed by atoms with E-state index in [0.717, 1.165) is 66.5 Å². The van der Waals surface area contributed by atoms with Gasteiger partial charge in [-0.25, -0.2) is 0 Å². The van der Waals surface area contributed by atoms with E-state index in [0.29, 0.717) is 0 Å². The largest absolute Gasteiger partial charge is 0.455 e. The summed E-state index contributed by atoms with van der Waals surface area (Å²) in [7, 11) is 0. The van der Waals surface area contributed by atoms with Gasteiger partial charge in [0.15, 0.2) is 0 Å². The van der Waals surface area contributed by atoms with Crippen molar-refractivity contribution in [2.45, 2.75) is 0 Å². The summed E-state index contributed by atoms with van der Waals surface area (Å²) in [6, 6.07) is 75.7. The second-order valence-corrected chi connectivity index (χ2v) is 13.7. The average molecular weight is 690 g/mol. The van der Waals surface area contributed by atoms with Gasteiger partial charge < -0.3 is 9.32 Å². The van der Waals surface area contributed by atoms with Gasteiger partial charge in [0.05, 0.1) is 0 Å². The standard InChI is InChI=1S/C52H35NO/c1-4-11-36(12-5-1)39-19-27-44(28-20-39)53(45-29-21-40(22-30-45)37-13-6-2-7-14-37)46-31-23-41(24-32-46)47-18-10-17-42-25-34-49-48-33-26-43(38-15-8-3-9-16-38)35-50(48)54-52(49)51(42)47/h1-35H. The van der Waals surface area contributed by atoms with Crippen LogP contribution < -0.4 is 4.90 Å². The minimum absolute atomic E-state index is 0.899. The number of hydrogen-bond donors (Lipinski definition) is 0. The van der Waals surface area contributed by atoms with Crippen LogP contribution in [0.5, 0.6) is 0 Å². The lowest BCUT2D eigenvalue weighted by Crippen LogP contribution is -2.09. The fourth-order valence-corrected chi connectivity index (χ4v) is 7.76. The van der Waals surface area contributed by atoms with Crippen molar-refractivity contribution in [1.82, 2.24) is 0 Å². The van der Waals surface area contributed by atoms with Crippen LogP contribution in [-0.4, -0.2) is 0 Å². The maximum Gasteiger partial charge on any atom is 0.143 e. The van der Waals surface area contributed by atoms with Crippen LogP contribution in [0.4, 0.5) is 17.1 Å². The fraction of sp³-hybridized carbons (Fsp3) is 0. The summed E-state index contributed by atoms with van der Waals surface area (Å²) in [5.41, 5.74) is 14.5. The second kappa shape index (κ2) is 13.4. The van der Waals surface area contributed by atoms with Gasteiger partial charge in [-0.15, -0.1) is 0 Å². The quantitative estimate of drug-likeness (QED) is 0.166. The Morgan fingerprint density at radius 1 is 0.315 bits per heavy atom. The van der Waals surface area contributed by atoms with Crippen LogP contribution in [0.1, 0.15) is 0 Å². The highest BCUT2D eigenvalue weighted by Crippen LogP contribution is 2.42. The third kappa shape index (κ3) is 5.71. The molecule has 54 heavy (non-hydrogen) atoms. The Bertz CT molecular complexity index is 2790. The first-order valence-corrected chi connectivity index (χ1v) is 18.4. The van der Waals surface area contributed by atoms with Crippen molar-refractivity contribution in [2.24, 2.45) is 0 Å². The predicted octanol–water partition coefficient (Wildman–Crippen LogP) is 14.9. The van der Waals surface area contributed by atoms with Crippen molar-refractivity contribution in [2.75, 3.05) is 4.90 Å². The Balaban J connectivity index is 1.06. The summed E-state index contributed by atoms with van der Waals surface area (Å²) < 4.78 is 6.74. The number of rotatable bonds is 7. The molecule has 10 aromatic rings. The highest BCUT2D eigenvalue weighted by Gasteiger charge is 2.17. The zero-order valence-electron chi connectivity index (χ0n) is 29.6. The van der Waals surface area contributed by atoms with Gasteiger partial charge in [0, 0.05) is 33.2 Å². The number of fused-ring (bicyclic) bond motifs is 5. The van der Waals surface area contributed by atoms with E-state index in [1.807, 2.05) is 6.07 Å². The molecule has 0 atom stereocenters. The first-order chi connectivity index (χ1) is 26.8. The Kier molecular flexibility index (Phi) is 7.85. The predicted molar refractivity (Wildman–Crippen MR) is 228 cm³/mol. The van der Waals surface area contributed by atoms with Crippen molar-refractivity contribution in [3.8, 4) is 44.5 Å². The van der Waals surface area contributed by atoms with Crippen LogP contribution in [0, 0.1) is 0 Å². The van der Waals surface area contributed by atoms with Crippen LogP contribution >= 0.6 is 0 Å². The number of furan rings is 1. The van der Waals surface area contributed by atoms with Gasteiger partial charge in [-0.05, 0) is 104 Å². The van der Waals surface area contributed by atoms with E-state index in [1.54, 1.807) is 0 Å². The molecule has 1 aromatic heterocycles. The van der Waals surface area contributed by atoms with Gasteiger partial charge in [-0.2, -0.15) is 0 Å².